The van der Waals surface area contributed by atoms with Gasteiger partial charge in [-0.25, -0.2) is 9.37 Å². The van der Waals surface area contributed by atoms with Crippen LogP contribution < -0.4 is 14.8 Å². The highest BCUT2D eigenvalue weighted by Gasteiger charge is 2.20. The Labute approximate surface area is 178 Å². The standard InChI is InChI=1S/C23H22FN5O2/c1-30-18-3-2-15-5-7-29(21(15)11-18)8-9-31-23-19-4-6-25-14-20(19)27-22(28-23)16-10-17(24)13-26-12-16/h2-3,5,7,10-13,25H,4,6,8-9,14H2,1H3. The van der Waals surface area contributed by atoms with Crippen LogP contribution in [0.4, 0.5) is 4.39 Å². The summed E-state index contributed by atoms with van der Waals surface area (Å²) in [6.07, 6.45) is 5.55. The number of hydrogen-bond donors (Lipinski definition) is 1. The lowest BCUT2D eigenvalue weighted by Gasteiger charge is -2.20. The minimum Gasteiger partial charge on any atom is -0.497 e. The average Bonchev–Trinajstić information content (AvgIpc) is 3.21. The number of pyridine rings is 1. The van der Waals surface area contributed by atoms with E-state index in [4.69, 9.17) is 9.47 Å². The van der Waals surface area contributed by atoms with Crippen molar-refractivity contribution in [1.82, 2.24) is 24.8 Å². The molecule has 0 spiro atoms. The fourth-order valence-electron chi connectivity index (χ4n) is 3.83. The van der Waals surface area contributed by atoms with Crippen molar-refractivity contribution in [2.75, 3.05) is 20.3 Å². The van der Waals surface area contributed by atoms with E-state index in [1.165, 1.54) is 6.07 Å². The van der Waals surface area contributed by atoms with Crippen LogP contribution >= 0.6 is 0 Å². The lowest BCUT2D eigenvalue weighted by Crippen LogP contribution is -2.26. The number of hydrogen-bond acceptors (Lipinski definition) is 6. The van der Waals surface area contributed by atoms with Gasteiger partial charge in [-0.15, -0.1) is 0 Å². The molecule has 5 rings (SSSR count). The maximum absolute atomic E-state index is 13.7. The van der Waals surface area contributed by atoms with E-state index in [1.807, 2.05) is 24.4 Å². The Morgan fingerprint density at radius 1 is 1.16 bits per heavy atom. The van der Waals surface area contributed by atoms with Crippen LogP contribution in [0, 0.1) is 5.82 Å². The van der Waals surface area contributed by atoms with Crippen LogP contribution in [-0.4, -0.2) is 39.8 Å². The maximum Gasteiger partial charge on any atom is 0.220 e. The van der Waals surface area contributed by atoms with Gasteiger partial charge in [0.2, 0.25) is 5.88 Å². The van der Waals surface area contributed by atoms with Crippen LogP contribution in [0.2, 0.25) is 0 Å². The second-order valence-electron chi connectivity index (χ2n) is 7.38. The molecule has 0 atom stereocenters. The van der Waals surface area contributed by atoms with Gasteiger partial charge in [0, 0.05) is 36.1 Å². The predicted molar refractivity (Wildman–Crippen MR) is 115 cm³/mol. The highest BCUT2D eigenvalue weighted by Crippen LogP contribution is 2.27. The van der Waals surface area contributed by atoms with Crippen LogP contribution in [0.3, 0.4) is 0 Å². The second kappa shape index (κ2) is 8.31. The first-order chi connectivity index (χ1) is 15.2. The number of ether oxygens (including phenoxy) is 2. The van der Waals surface area contributed by atoms with Crippen molar-refractivity contribution in [3.63, 3.8) is 0 Å². The van der Waals surface area contributed by atoms with Crippen LogP contribution in [-0.2, 0) is 19.5 Å². The SMILES string of the molecule is COc1ccc2ccn(CCOc3nc(-c4cncc(F)c4)nc4c3CCNC4)c2c1. The van der Waals surface area contributed by atoms with Crippen molar-refractivity contribution in [3.05, 3.63) is 66.0 Å². The normalized spacial score (nSPS) is 13.2. The molecule has 158 valence electrons. The zero-order chi connectivity index (χ0) is 21.2. The lowest BCUT2D eigenvalue weighted by molar-refractivity contribution is 0.284. The highest BCUT2D eigenvalue weighted by atomic mass is 19.1. The van der Waals surface area contributed by atoms with Gasteiger partial charge in [0.05, 0.1) is 31.1 Å². The number of fused-ring (bicyclic) bond motifs is 2. The Hall–Kier alpha value is -3.52. The molecule has 0 fully saturated rings. The first kappa shape index (κ1) is 19.4. The van der Waals surface area contributed by atoms with Crippen molar-refractivity contribution >= 4 is 10.9 Å². The monoisotopic (exact) mass is 419 g/mol. The molecule has 7 nitrogen and oxygen atoms in total. The zero-order valence-corrected chi connectivity index (χ0v) is 17.1. The molecule has 0 saturated carbocycles. The number of nitrogens with one attached hydrogen (secondary N) is 1. The zero-order valence-electron chi connectivity index (χ0n) is 17.1. The van der Waals surface area contributed by atoms with E-state index >= 15 is 0 Å². The third-order valence-electron chi connectivity index (χ3n) is 5.41. The quantitative estimate of drug-likeness (QED) is 0.517. The van der Waals surface area contributed by atoms with Crippen LogP contribution in [0.25, 0.3) is 22.3 Å². The number of methoxy groups -OCH3 is 1. The molecule has 4 aromatic rings. The van der Waals surface area contributed by atoms with E-state index in [1.54, 1.807) is 13.3 Å². The van der Waals surface area contributed by atoms with Gasteiger partial charge in [-0.2, -0.15) is 4.98 Å². The minimum atomic E-state index is -0.422. The molecule has 0 aliphatic carbocycles. The molecule has 0 bridgehead atoms. The Bertz CT molecular complexity index is 1240. The first-order valence-corrected chi connectivity index (χ1v) is 10.2. The van der Waals surface area contributed by atoms with Gasteiger partial charge in [-0.1, -0.05) is 0 Å². The lowest BCUT2D eigenvalue weighted by atomic mass is 10.1. The van der Waals surface area contributed by atoms with Crippen molar-refractivity contribution in [3.8, 4) is 23.0 Å². The Morgan fingerprint density at radius 3 is 2.97 bits per heavy atom. The van der Waals surface area contributed by atoms with Crippen molar-refractivity contribution in [2.24, 2.45) is 0 Å². The molecular weight excluding hydrogens is 397 g/mol. The third-order valence-corrected chi connectivity index (χ3v) is 5.41. The molecule has 31 heavy (non-hydrogen) atoms. The second-order valence-corrected chi connectivity index (χ2v) is 7.38. The molecule has 4 heterocycles. The third kappa shape index (κ3) is 3.94. The van der Waals surface area contributed by atoms with E-state index in [0.717, 1.165) is 47.1 Å². The summed E-state index contributed by atoms with van der Waals surface area (Å²) in [5.74, 6) is 1.37. The fourth-order valence-corrected chi connectivity index (χ4v) is 3.83. The van der Waals surface area contributed by atoms with E-state index in [-0.39, 0.29) is 0 Å². The number of benzene rings is 1. The largest absolute Gasteiger partial charge is 0.497 e. The summed E-state index contributed by atoms with van der Waals surface area (Å²) in [6.45, 7) is 2.57. The molecule has 1 aliphatic heterocycles. The van der Waals surface area contributed by atoms with Crippen molar-refractivity contribution in [1.29, 1.82) is 0 Å². The number of nitrogens with zero attached hydrogens (tertiary/aromatic N) is 4. The number of rotatable bonds is 6. The van der Waals surface area contributed by atoms with Gasteiger partial charge in [0.25, 0.3) is 0 Å². The Kier molecular flexibility index (Phi) is 5.21. The van der Waals surface area contributed by atoms with Crippen LogP contribution in [0.5, 0.6) is 11.6 Å². The van der Waals surface area contributed by atoms with Gasteiger partial charge < -0.3 is 19.4 Å². The average molecular weight is 419 g/mol. The summed E-state index contributed by atoms with van der Waals surface area (Å²) < 4.78 is 27.3. The summed E-state index contributed by atoms with van der Waals surface area (Å²) in [5.41, 5.74) is 3.50. The topological polar surface area (TPSA) is 74.1 Å². The molecule has 8 heteroatoms. The van der Waals surface area contributed by atoms with Gasteiger partial charge in [-0.3, -0.25) is 4.98 Å². The molecule has 0 radical (unpaired) electrons. The van der Waals surface area contributed by atoms with Crippen molar-refractivity contribution in [2.45, 2.75) is 19.5 Å². The van der Waals surface area contributed by atoms with Crippen molar-refractivity contribution < 1.29 is 13.9 Å². The molecule has 0 amide bonds. The van der Waals surface area contributed by atoms with Gasteiger partial charge >= 0.3 is 0 Å². The summed E-state index contributed by atoms with van der Waals surface area (Å²) in [7, 11) is 1.66. The molecular formula is C23H22FN5O2. The molecule has 1 N–H and O–H groups in total. The Balaban J connectivity index is 1.40. The maximum atomic E-state index is 13.7. The van der Waals surface area contributed by atoms with Gasteiger partial charge in [0.15, 0.2) is 5.82 Å². The number of halogens is 1. The van der Waals surface area contributed by atoms with Gasteiger partial charge in [0.1, 0.15) is 18.2 Å². The van der Waals surface area contributed by atoms with Gasteiger partial charge in [-0.05, 0) is 42.6 Å². The molecule has 0 unspecified atom stereocenters. The summed E-state index contributed by atoms with van der Waals surface area (Å²) >= 11 is 0. The number of aromatic nitrogens is 4. The smallest absolute Gasteiger partial charge is 0.220 e. The predicted octanol–water partition coefficient (Wildman–Crippen LogP) is 3.37. The van der Waals surface area contributed by atoms with Crippen LogP contribution in [0.15, 0.2) is 48.9 Å². The van der Waals surface area contributed by atoms with Crippen LogP contribution in [0.1, 0.15) is 11.3 Å². The molecule has 1 aromatic carbocycles. The van der Waals surface area contributed by atoms with E-state index in [9.17, 15) is 4.39 Å². The Morgan fingerprint density at radius 2 is 2.10 bits per heavy atom. The molecule has 1 aliphatic rings. The van der Waals surface area contributed by atoms with E-state index in [2.05, 4.69) is 30.9 Å². The summed E-state index contributed by atoms with van der Waals surface area (Å²) in [6, 6.07) is 9.46. The summed E-state index contributed by atoms with van der Waals surface area (Å²) in [5, 5.41) is 4.46. The highest BCUT2D eigenvalue weighted by molar-refractivity contribution is 5.81. The molecule has 0 saturated heterocycles. The van der Waals surface area contributed by atoms with E-state index in [0.29, 0.717) is 37.0 Å². The molecule has 3 aromatic heterocycles. The van der Waals surface area contributed by atoms with E-state index < -0.39 is 5.82 Å². The summed E-state index contributed by atoms with van der Waals surface area (Å²) in [4.78, 5) is 13.1. The fraction of sp³-hybridized carbons (Fsp3) is 0.261. The first-order valence-electron chi connectivity index (χ1n) is 10.2. The minimum absolute atomic E-state index is 0.417.